The Morgan fingerprint density at radius 1 is 1.06 bits per heavy atom. The van der Waals surface area contributed by atoms with E-state index in [-0.39, 0.29) is 69.5 Å². The number of ether oxygens (including phenoxy) is 2. The van der Waals surface area contributed by atoms with Crippen LogP contribution in [0, 0.1) is 5.82 Å². The minimum absolute atomic E-state index is 0.0254. The molecular weight excluding hydrogens is 694 g/mol. The number of nitrogens with one attached hydrogen (secondary N) is 1. The number of benzene rings is 3. The van der Waals surface area contributed by atoms with Crippen LogP contribution < -0.4 is 20.5 Å². The number of aromatic nitrogens is 2. The molecule has 9 nitrogen and oxygen atoms in total. The number of amides is 2. The molecule has 4 N–H and O–H groups in total. The highest BCUT2D eigenvalue weighted by Gasteiger charge is 2.36. The second kappa shape index (κ2) is 14.2. The Bertz CT molecular complexity index is 2080. The molecule has 2 amide bonds. The quantitative estimate of drug-likeness (QED) is 0.118. The topological polar surface area (TPSA) is 137 Å². The SMILES string of the molecule is CCOc1c(CC(N)=O)cc([C@@](O)(CNC(=O)c2cc(OC3CC3)c3ncc(Cl)cc3c2)c2ccccc2)nc1-c1ccc(F)c(Cl)c1Cl. The van der Waals surface area contributed by atoms with Crippen molar-refractivity contribution < 1.29 is 28.6 Å². The average Bonchev–Trinajstić information content (AvgIpc) is 3.91. The molecule has 1 atom stereocenters. The van der Waals surface area contributed by atoms with Gasteiger partial charge < -0.3 is 25.6 Å². The Hall–Kier alpha value is -4.48. The minimum Gasteiger partial charge on any atom is -0.491 e. The van der Waals surface area contributed by atoms with E-state index in [2.05, 4.69) is 10.3 Å². The van der Waals surface area contributed by atoms with Crippen LogP contribution in [-0.2, 0) is 16.8 Å². The molecule has 49 heavy (non-hydrogen) atoms. The first-order valence-electron chi connectivity index (χ1n) is 15.4. The number of carbonyl (C=O) groups excluding carboxylic acids is 2. The van der Waals surface area contributed by atoms with Gasteiger partial charge in [-0.15, -0.1) is 0 Å². The van der Waals surface area contributed by atoms with Crippen LogP contribution in [0.1, 0.15) is 46.9 Å². The number of hydrogen-bond acceptors (Lipinski definition) is 7. The van der Waals surface area contributed by atoms with Gasteiger partial charge in [0.15, 0.2) is 0 Å². The molecule has 3 aromatic carbocycles. The summed E-state index contributed by atoms with van der Waals surface area (Å²) in [6.45, 7) is 1.54. The molecule has 5 aromatic rings. The van der Waals surface area contributed by atoms with Gasteiger partial charge in [0.25, 0.3) is 5.91 Å². The highest BCUT2D eigenvalue weighted by molar-refractivity contribution is 6.43. The van der Waals surface area contributed by atoms with Crippen LogP contribution >= 0.6 is 34.8 Å². The molecule has 1 aliphatic rings. The maximum absolute atomic E-state index is 14.3. The van der Waals surface area contributed by atoms with Crippen molar-refractivity contribution in [2.24, 2.45) is 5.73 Å². The zero-order valence-corrected chi connectivity index (χ0v) is 28.4. The van der Waals surface area contributed by atoms with E-state index >= 15 is 0 Å². The van der Waals surface area contributed by atoms with Crippen LogP contribution in [0.4, 0.5) is 4.39 Å². The van der Waals surface area contributed by atoms with Crippen molar-refractivity contribution in [3.8, 4) is 22.8 Å². The molecule has 1 fully saturated rings. The van der Waals surface area contributed by atoms with Gasteiger partial charge in [0.05, 0.1) is 46.4 Å². The third kappa shape index (κ3) is 7.28. The summed E-state index contributed by atoms with van der Waals surface area (Å²) in [5.74, 6) is -1.35. The molecule has 0 saturated heterocycles. The number of halogens is 4. The number of carbonyl (C=O) groups is 2. The summed E-state index contributed by atoms with van der Waals surface area (Å²) in [5, 5.41) is 15.9. The summed E-state index contributed by atoms with van der Waals surface area (Å²) in [6, 6.07) is 17.5. The monoisotopic (exact) mass is 722 g/mol. The third-order valence-corrected chi connectivity index (χ3v) is 9.03. The molecule has 0 unspecified atom stereocenters. The van der Waals surface area contributed by atoms with E-state index in [0.29, 0.717) is 27.2 Å². The standard InChI is InChI=1S/C36H30Cl3FN4O5/c1-2-48-34-20(16-29(41)45)15-28(44-33(34)25-10-11-26(40)31(39)30(25)38)36(47,22-6-4-3-5-7-22)18-43-35(46)21-12-19-13-23(37)17-42-32(19)27(14-21)49-24-8-9-24/h3-7,10-15,17,24,47H,2,8-9,16,18H2,1H3,(H2,41,45)(H,43,46)/t36-/m1/s1. The number of hydrogen-bond donors (Lipinski definition) is 3. The fraction of sp³-hybridized carbons (Fsp3) is 0.222. The molecule has 2 heterocycles. The first kappa shape index (κ1) is 34.4. The lowest BCUT2D eigenvalue weighted by molar-refractivity contribution is -0.117. The number of aliphatic hydroxyl groups is 1. The van der Waals surface area contributed by atoms with Crippen LogP contribution in [0.3, 0.4) is 0 Å². The van der Waals surface area contributed by atoms with Crippen LogP contribution in [0.5, 0.6) is 11.5 Å². The highest BCUT2D eigenvalue weighted by Crippen LogP contribution is 2.42. The van der Waals surface area contributed by atoms with Gasteiger partial charge in [-0.2, -0.15) is 0 Å². The number of primary amides is 1. The lowest BCUT2D eigenvalue weighted by Gasteiger charge is -2.30. The second-order valence-electron chi connectivity index (χ2n) is 11.6. The average molecular weight is 724 g/mol. The molecule has 0 spiro atoms. The van der Waals surface area contributed by atoms with Gasteiger partial charge in [0, 0.05) is 28.3 Å². The summed E-state index contributed by atoms with van der Waals surface area (Å²) < 4.78 is 26.3. The minimum atomic E-state index is -1.98. The number of fused-ring (bicyclic) bond motifs is 1. The Kier molecular flexibility index (Phi) is 9.94. The van der Waals surface area contributed by atoms with Gasteiger partial charge in [-0.3, -0.25) is 14.6 Å². The largest absolute Gasteiger partial charge is 0.491 e. The Morgan fingerprint density at radius 2 is 1.82 bits per heavy atom. The van der Waals surface area contributed by atoms with Gasteiger partial charge in [-0.1, -0.05) is 65.1 Å². The molecule has 0 aliphatic heterocycles. The van der Waals surface area contributed by atoms with Crippen molar-refractivity contribution in [2.45, 2.75) is 37.9 Å². The van der Waals surface area contributed by atoms with Crippen LogP contribution in [0.25, 0.3) is 22.2 Å². The maximum Gasteiger partial charge on any atom is 0.251 e. The van der Waals surface area contributed by atoms with E-state index in [0.717, 1.165) is 18.9 Å². The van der Waals surface area contributed by atoms with E-state index in [1.807, 2.05) is 0 Å². The Balaban J connectivity index is 1.46. The molecule has 1 saturated carbocycles. The van der Waals surface area contributed by atoms with Gasteiger partial charge in [-0.25, -0.2) is 9.37 Å². The van der Waals surface area contributed by atoms with Gasteiger partial charge >= 0.3 is 0 Å². The summed E-state index contributed by atoms with van der Waals surface area (Å²) >= 11 is 18.9. The van der Waals surface area contributed by atoms with E-state index in [9.17, 15) is 19.1 Å². The van der Waals surface area contributed by atoms with E-state index in [1.165, 1.54) is 18.3 Å². The molecule has 6 rings (SSSR count). The molecule has 0 bridgehead atoms. The van der Waals surface area contributed by atoms with Crippen molar-refractivity contribution >= 4 is 57.5 Å². The molecular formula is C36H30Cl3FN4O5. The van der Waals surface area contributed by atoms with Crippen molar-refractivity contribution in [1.29, 1.82) is 0 Å². The summed E-state index contributed by atoms with van der Waals surface area (Å²) in [5.41, 5.74) is 5.43. The van der Waals surface area contributed by atoms with E-state index in [1.54, 1.807) is 55.5 Å². The zero-order valence-electron chi connectivity index (χ0n) is 26.1. The smallest absolute Gasteiger partial charge is 0.251 e. The number of pyridine rings is 2. The van der Waals surface area contributed by atoms with E-state index < -0.39 is 23.2 Å². The van der Waals surface area contributed by atoms with Gasteiger partial charge in [-0.05, 0) is 61.7 Å². The molecule has 252 valence electrons. The zero-order chi connectivity index (χ0) is 34.9. The third-order valence-electron chi connectivity index (χ3n) is 7.97. The maximum atomic E-state index is 14.3. The Morgan fingerprint density at radius 3 is 2.51 bits per heavy atom. The van der Waals surface area contributed by atoms with Crippen molar-refractivity contribution in [3.63, 3.8) is 0 Å². The number of nitrogens with two attached hydrogens (primary N) is 1. The predicted octanol–water partition coefficient (Wildman–Crippen LogP) is 7.03. The van der Waals surface area contributed by atoms with Crippen molar-refractivity contribution in [2.75, 3.05) is 13.2 Å². The Labute approximate surface area is 296 Å². The summed E-state index contributed by atoms with van der Waals surface area (Å²) in [7, 11) is 0. The lowest BCUT2D eigenvalue weighted by atomic mass is 9.87. The molecule has 1 aliphatic carbocycles. The van der Waals surface area contributed by atoms with Crippen molar-refractivity contribution in [3.05, 3.63) is 116 Å². The summed E-state index contributed by atoms with van der Waals surface area (Å²) in [4.78, 5) is 35.2. The van der Waals surface area contributed by atoms with Crippen LogP contribution in [0.15, 0.2) is 72.9 Å². The second-order valence-corrected chi connectivity index (χ2v) is 12.8. The first-order chi connectivity index (χ1) is 23.5. The molecule has 0 radical (unpaired) electrons. The van der Waals surface area contributed by atoms with Crippen molar-refractivity contribution in [1.82, 2.24) is 15.3 Å². The highest BCUT2D eigenvalue weighted by atomic mass is 35.5. The lowest BCUT2D eigenvalue weighted by Crippen LogP contribution is -2.42. The van der Waals surface area contributed by atoms with Gasteiger partial charge in [0.2, 0.25) is 5.91 Å². The number of rotatable bonds is 12. The van der Waals surface area contributed by atoms with Gasteiger partial charge in [0.1, 0.15) is 34.1 Å². The van der Waals surface area contributed by atoms with E-state index in [4.69, 9.17) is 55.0 Å². The normalized spacial score (nSPS) is 13.9. The van der Waals surface area contributed by atoms with Crippen LogP contribution in [0.2, 0.25) is 15.1 Å². The fourth-order valence-corrected chi connectivity index (χ4v) is 6.03. The number of nitrogens with zero attached hydrogens (tertiary/aromatic N) is 2. The predicted molar refractivity (Wildman–Crippen MR) is 186 cm³/mol. The molecule has 2 aromatic heterocycles. The first-order valence-corrected chi connectivity index (χ1v) is 16.5. The summed E-state index contributed by atoms with van der Waals surface area (Å²) in [6.07, 6.45) is 3.07. The fourth-order valence-electron chi connectivity index (χ4n) is 5.45. The van der Waals surface area contributed by atoms with Crippen LogP contribution in [-0.4, -0.2) is 46.1 Å². The molecule has 13 heteroatoms.